The summed E-state index contributed by atoms with van der Waals surface area (Å²) in [6.45, 7) is 8.25. The Bertz CT molecular complexity index is 553. The lowest BCUT2D eigenvalue weighted by Crippen LogP contribution is -2.42. The highest BCUT2D eigenvalue weighted by atomic mass is 16.5. The summed E-state index contributed by atoms with van der Waals surface area (Å²) in [5, 5.41) is 10.5. The van der Waals surface area contributed by atoms with Crippen molar-refractivity contribution in [3.05, 3.63) is 28.8 Å². The largest absolute Gasteiger partial charge is 0.507 e. The van der Waals surface area contributed by atoms with Gasteiger partial charge in [-0.05, 0) is 62.9 Å². The monoisotopic (exact) mass is 332 g/mol. The average molecular weight is 332 g/mol. The third-order valence-electron chi connectivity index (χ3n) is 5.81. The van der Waals surface area contributed by atoms with Crippen LogP contribution in [0.15, 0.2) is 12.1 Å². The number of nitrogens with two attached hydrogens (primary N) is 1. The zero-order valence-corrected chi connectivity index (χ0v) is 15.1. The van der Waals surface area contributed by atoms with Crippen molar-refractivity contribution in [1.82, 2.24) is 4.90 Å². The normalized spacial score (nSPS) is 25.6. The zero-order chi connectivity index (χ0) is 17.1. The van der Waals surface area contributed by atoms with E-state index in [0.717, 1.165) is 23.1 Å². The molecule has 2 atom stereocenters. The van der Waals surface area contributed by atoms with Crippen LogP contribution in [0.4, 0.5) is 0 Å². The first-order valence-corrected chi connectivity index (χ1v) is 9.53. The molecule has 4 nitrogen and oxygen atoms in total. The zero-order valence-electron chi connectivity index (χ0n) is 15.1. The van der Waals surface area contributed by atoms with Crippen molar-refractivity contribution < 1.29 is 9.84 Å². The van der Waals surface area contributed by atoms with Crippen LogP contribution in [-0.2, 0) is 11.2 Å². The van der Waals surface area contributed by atoms with Gasteiger partial charge in [-0.15, -0.1) is 0 Å². The quantitative estimate of drug-likeness (QED) is 0.869. The van der Waals surface area contributed by atoms with Crippen LogP contribution in [0.2, 0.25) is 0 Å². The molecule has 24 heavy (non-hydrogen) atoms. The number of hydrogen-bond donors (Lipinski definition) is 2. The lowest BCUT2D eigenvalue weighted by atomic mass is 9.83. The fraction of sp³-hybridized carbons (Fsp3) is 0.700. The van der Waals surface area contributed by atoms with Crippen LogP contribution in [0.1, 0.15) is 55.4 Å². The van der Waals surface area contributed by atoms with Gasteiger partial charge in [-0.2, -0.15) is 0 Å². The Morgan fingerprint density at radius 2 is 2.04 bits per heavy atom. The van der Waals surface area contributed by atoms with Gasteiger partial charge in [-0.1, -0.05) is 25.5 Å². The standard InChI is InChI=1S/C20H32N2O2/c1-3-4-9-22-10-7-15(8-11-22)18-12-17-16(19(13-21)24-18)6-5-14(2)20(17)23/h5-6,15,18-19,23H,3-4,7-13,21H2,1-2H3/t18-,19-/m0/s1. The number of phenols is 1. The molecular weight excluding hydrogens is 300 g/mol. The van der Waals surface area contributed by atoms with Crippen molar-refractivity contribution in [2.24, 2.45) is 11.7 Å². The number of hydrogen-bond acceptors (Lipinski definition) is 4. The van der Waals surface area contributed by atoms with Gasteiger partial charge in [0.1, 0.15) is 5.75 Å². The number of ether oxygens (including phenoxy) is 1. The van der Waals surface area contributed by atoms with E-state index in [-0.39, 0.29) is 12.2 Å². The molecule has 0 aliphatic carbocycles. The summed E-state index contributed by atoms with van der Waals surface area (Å²) in [7, 11) is 0. The molecule has 0 aromatic heterocycles. The van der Waals surface area contributed by atoms with Crippen LogP contribution in [0.5, 0.6) is 5.75 Å². The number of piperidine rings is 1. The second-order valence-electron chi connectivity index (χ2n) is 7.43. The lowest BCUT2D eigenvalue weighted by Gasteiger charge is -2.40. The third kappa shape index (κ3) is 3.61. The number of unbranched alkanes of at least 4 members (excludes halogenated alkanes) is 1. The first-order valence-electron chi connectivity index (χ1n) is 9.53. The van der Waals surface area contributed by atoms with Gasteiger partial charge in [0.05, 0.1) is 12.2 Å². The number of rotatable bonds is 5. The van der Waals surface area contributed by atoms with Gasteiger partial charge in [-0.3, -0.25) is 0 Å². The Balaban J connectivity index is 1.69. The Kier molecular flexibility index (Phi) is 5.80. The summed E-state index contributed by atoms with van der Waals surface area (Å²) in [5.74, 6) is 1.02. The van der Waals surface area contributed by atoms with Crippen molar-refractivity contribution in [2.45, 2.75) is 58.2 Å². The molecule has 0 unspecified atom stereocenters. The summed E-state index contributed by atoms with van der Waals surface area (Å²) >= 11 is 0. The molecule has 1 aromatic rings. The van der Waals surface area contributed by atoms with Gasteiger partial charge < -0.3 is 20.5 Å². The number of benzene rings is 1. The number of phenolic OH excluding ortho intramolecular Hbond substituents is 1. The minimum absolute atomic E-state index is 0.0802. The van der Waals surface area contributed by atoms with E-state index in [0.29, 0.717) is 18.2 Å². The average Bonchev–Trinajstić information content (AvgIpc) is 2.62. The molecule has 0 amide bonds. The predicted molar refractivity (Wildman–Crippen MR) is 97.3 cm³/mol. The molecule has 134 valence electrons. The van der Waals surface area contributed by atoms with E-state index in [2.05, 4.69) is 17.9 Å². The molecule has 0 bridgehead atoms. The number of likely N-dealkylation sites (tertiary alicyclic amines) is 1. The van der Waals surface area contributed by atoms with Crippen LogP contribution in [0.25, 0.3) is 0 Å². The SMILES string of the molecule is CCCCN1CCC([C@@H]2Cc3c(ccc(C)c3O)[C@H](CN)O2)CC1. The molecule has 2 aliphatic rings. The fourth-order valence-electron chi connectivity index (χ4n) is 4.21. The Labute approximate surface area is 146 Å². The van der Waals surface area contributed by atoms with E-state index in [1.807, 2.05) is 13.0 Å². The lowest BCUT2D eigenvalue weighted by molar-refractivity contribution is -0.0647. The molecule has 3 rings (SSSR count). The highest BCUT2D eigenvalue weighted by molar-refractivity contribution is 5.47. The topological polar surface area (TPSA) is 58.7 Å². The van der Waals surface area contributed by atoms with Crippen LogP contribution in [0.3, 0.4) is 0 Å². The highest BCUT2D eigenvalue weighted by Crippen LogP contribution is 2.40. The summed E-state index contributed by atoms with van der Waals surface area (Å²) < 4.78 is 6.36. The van der Waals surface area contributed by atoms with Crippen LogP contribution in [-0.4, -0.2) is 42.3 Å². The maximum atomic E-state index is 10.5. The molecule has 0 saturated carbocycles. The summed E-state index contributed by atoms with van der Waals surface area (Å²) in [5.41, 5.74) is 9.05. The van der Waals surface area contributed by atoms with E-state index in [1.165, 1.54) is 45.3 Å². The first-order chi connectivity index (χ1) is 11.6. The fourth-order valence-corrected chi connectivity index (χ4v) is 4.21. The van der Waals surface area contributed by atoms with E-state index in [1.54, 1.807) is 0 Å². The van der Waals surface area contributed by atoms with E-state index in [4.69, 9.17) is 10.5 Å². The minimum Gasteiger partial charge on any atom is -0.507 e. The van der Waals surface area contributed by atoms with Crippen molar-refractivity contribution in [3.63, 3.8) is 0 Å². The second-order valence-corrected chi connectivity index (χ2v) is 7.43. The maximum absolute atomic E-state index is 10.5. The van der Waals surface area contributed by atoms with Crippen molar-refractivity contribution in [1.29, 1.82) is 0 Å². The number of aromatic hydroxyl groups is 1. The minimum atomic E-state index is -0.0802. The molecular formula is C20H32N2O2. The third-order valence-corrected chi connectivity index (χ3v) is 5.81. The molecule has 4 heteroatoms. The number of aryl methyl sites for hydroxylation is 1. The van der Waals surface area contributed by atoms with E-state index in [9.17, 15) is 5.11 Å². The predicted octanol–water partition coefficient (Wildman–Crippen LogP) is 3.15. The Hall–Kier alpha value is -1.10. The number of nitrogens with zero attached hydrogens (tertiary/aromatic N) is 1. The maximum Gasteiger partial charge on any atom is 0.122 e. The van der Waals surface area contributed by atoms with Gasteiger partial charge in [0.25, 0.3) is 0 Å². The Morgan fingerprint density at radius 1 is 1.29 bits per heavy atom. The highest BCUT2D eigenvalue weighted by Gasteiger charge is 2.35. The van der Waals surface area contributed by atoms with Crippen LogP contribution >= 0.6 is 0 Å². The molecule has 1 fully saturated rings. The summed E-state index contributed by atoms with van der Waals surface area (Å²) in [6.07, 6.45) is 5.86. The Morgan fingerprint density at radius 3 is 2.71 bits per heavy atom. The summed E-state index contributed by atoms with van der Waals surface area (Å²) in [4.78, 5) is 2.58. The molecule has 0 radical (unpaired) electrons. The van der Waals surface area contributed by atoms with Gasteiger partial charge >= 0.3 is 0 Å². The molecule has 1 aromatic carbocycles. The van der Waals surface area contributed by atoms with E-state index < -0.39 is 0 Å². The molecule has 1 saturated heterocycles. The van der Waals surface area contributed by atoms with Gasteiger partial charge in [0.15, 0.2) is 0 Å². The van der Waals surface area contributed by atoms with Crippen molar-refractivity contribution in [2.75, 3.05) is 26.2 Å². The molecule has 2 aliphatic heterocycles. The summed E-state index contributed by atoms with van der Waals surface area (Å²) in [6, 6.07) is 4.04. The second kappa shape index (κ2) is 7.85. The van der Waals surface area contributed by atoms with Crippen molar-refractivity contribution >= 4 is 0 Å². The molecule has 0 spiro atoms. The molecule has 2 heterocycles. The van der Waals surface area contributed by atoms with Crippen molar-refractivity contribution in [3.8, 4) is 5.75 Å². The molecule has 3 N–H and O–H groups in total. The van der Waals surface area contributed by atoms with Gasteiger partial charge in [0.2, 0.25) is 0 Å². The van der Waals surface area contributed by atoms with E-state index >= 15 is 0 Å². The van der Waals surface area contributed by atoms with Gasteiger partial charge in [0, 0.05) is 18.5 Å². The smallest absolute Gasteiger partial charge is 0.122 e. The number of fused-ring (bicyclic) bond motifs is 1. The van der Waals surface area contributed by atoms with Crippen LogP contribution in [0, 0.1) is 12.8 Å². The first kappa shape index (κ1) is 17.7. The van der Waals surface area contributed by atoms with Crippen LogP contribution < -0.4 is 5.73 Å². The van der Waals surface area contributed by atoms with Gasteiger partial charge in [-0.25, -0.2) is 0 Å².